The minimum absolute atomic E-state index is 0.0146. The molecule has 0 bridgehead atoms. The maximum atomic E-state index is 10.6. The fourth-order valence-electron chi connectivity index (χ4n) is 1.65. The smallest absolute Gasteiger partial charge is 0.303 e. The van der Waals surface area contributed by atoms with Crippen molar-refractivity contribution in [3.8, 4) is 5.75 Å². The average molecular weight is 250 g/mol. The Morgan fingerprint density at radius 1 is 1.39 bits per heavy atom. The van der Waals surface area contributed by atoms with Crippen molar-refractivity contribution in [2.24, 2.45) is 5.92 Å². The Bertz CT molecular complexity index is 404. The lowest BCUT2D eigenvalue weighted by molar-refractivity contribution is -0.138. The monoisotopic (exact) mass is 250 g/mol. The highest BCUT2D eigenvalue weighted by Gasteiger charge is 2.14. The number of rotatable bonds is 5. The van der Waals surface area contributed by atoms with Gasteiger partial charge >= 0.3 is 5.97 Å². The van der Waals surface area contributed by atoms with E-state index in [0.717, 1.165) is 5.75 Å². The van der Waals surface area contributed by atoms with Crippen LogP contribution in [0.2, 0.25) is 0 Å². The van der Waals surface area contributed by atoms with E-state index in [1.807, 2.05) is 25.1 Å². The van der Waals surface area contributed by atoms with Gasteiger partial charge in [-0.1, -0.05) is 39.8 Å². The summed E-state index contributed by atoms with van der Waals surface area (Å²) >= 11 is 0. The maximum absolute atomic E-state index is 10.6. The first-order valence-electron chi connectivity index (χ1n) is 6.24. The summed E-state index contributed by atoms with van der Waals surface area (Å²) in [6, 6.07) is 7.97. The number of carboxylic acids is 1. The second-order valence-corrected chi connectivity index (χ2v) is 5.79. The third kappa shape index (κ3) is 4.78. The molecule has 0 radical (unpaired) electrons. The van der Waals surface area contributed by atoms with Gasteiger partial charge in [-0.3, -0.25) is 4.79 Å². The molecule has 0 aliphatic heterocycles. The van der Waals surface area contributed by atoms with Crippen LogP contribution in [-0.2, 0) is 10.2 Å². The third-order valence-corrected chi connectivity index (χ3v) is 2.76. The van der Waals surface area contributed by atoms with Gasteiger partial charge in [0, 0.05) is 5.92 Å². The van der Waals surface area contributed by atoms with Gasteiger partial charge in [-0.25, -0.2) is 0 Å². The van der Waals surface area contributed by atoms with E-state index < -0.39 is 5.97 Å². The van der Waals surface area contributed by atoms with Gasteiger partial charge in [-0.05, 0) is 23.1 Å². The van der Waals surface area contributed by atoms with Gasteiger partial charge in [0.05, 0.1) is 13.0 Å². The molecule has 0 heterocycles. The van der Waals surface area contributed by atoms with E-state index >= 15 is 0 Å². The van der Waals surface area contributed by atoms with Crippen LogP contribution in [0.5, 0.6) is 5.75 Å². The van der Waals surface area contributed by atoms with E-state index in [1.54, 1.807) is 0 Å². The third-order valence-electron chi connectivity index (χ3n) is 2.76. The minimum atomic E-state index is -0.783. The highest BCUT2D eigenvalue weighted by atomic mass is 16.5. The molecule has 0 saturated heterocycles. The summed E-state index contributed by atoms with van der Waals surface area (Å²) < 4.78 is 5.64. The fourth-order valence-corrected chi connectivity index (χ4v) is 1.65. The van der Waals surface area contributed by atoms with Crippen molar-refractivity contribution in [3.05, 3.63) is 29.8 Å². The molecule has 0 fully saturated rings. The normalized spacial score (nSPS) is 13.1. The summed E-state index contributed by atoms with van der Waals surface area (Å²) in [4.78, 5) is 10.6. The van der Waals surface area contributed by atoms with E-state index in [0.29, 0.717) is 6.61 Å². The molecule has 0 aliphatic rings. The van der Waals surface area contributed by atoms with E-state index in [4.69, 9.17) is 9.84 Å². The van der Waals surface area contributed by atoms with E-state index in [9.17, 15) is 4.79 Å². The van der Waals surface area contributed by atoms with Crippen molar-refractivity contribution in [2.75, 3.05) is 6.61 Å². The van der Waals surface area contributed by atoms with Crippen molar-refractivity contribution in [1.29, 1.82) is 0 Å². The molecule has 1 aromatic rings. The van der Waals surface area contributed by atoms with Gasteiger partial charge < -0.3 is 9.84 Å². The molecule has 0 saturated carbocycles. The molecule has 0 aromatic heterocycles. The predicted octanol–water partition coefficient (Wildman–Crippen LogP) is 3.47. The van der Waals surface area contributed by atoms with Crippen LogP contribution in [-0.4, -0.2) is 17.7 Å². The largest absolute Gasteiger partial charge is 0.493 e. The van der Waals surface area contributed by atoms with Gasteiger partial charge in [0.25, 0.3) is 0 Å². The van der Waals surface area contributed by atoms with Crippen molar-refractivity contribution in [3.63, 3.8) is 0 Å². The number of ether oxygens (including phenoxy) is 1. The standard InChI is InChI=1S/C15H22O3/c1-11(8-14(16)17)10-18-13-7-5-6-12(9-13)15(2,3)4/h5-7,9,11H,8,10H2,1-4H3,(H,16,17). The lowest BCUT2D eigenvalue weighted by Gasteiger charge is -2.20. The number of carboxylic acid groups (broad SMARTS) is 1. The number of hydrogen-bond acceptors (Lipinski definition) is 2. The molecule has 1 unspecified atom stereocenters. The highest BCUT2D eigenvalue weighted by molar-refractivity contribution is 5.66. The van der Waals surface area contributed by atoms with E-state index in [2.05, 4.69) is 26.8 Å². The Labute approximate surface area is 109 Å². The molecule has 0 amide bonds. The molecule has 3 heteroatoms. The van der Waals surface area contributed by atoms with Crippen molar-refractivity contribution >= 4 is 5.97 Å². The molecule has 1 N–H and O–H groups in total. The minimum Gasteiger partial charge on any atom is -0.493 e. The number of hydrogen-bond donors (Lipinski definition) is 1. The summed E-state index contributed by atoms with van der Waals surface area (Å²) in [7, 11) is 0. The quantitative estimate of drug-likeness (QED) is 0.870. The molecule has 0 spiro atoms. The second kappa shape index (κ2) is 5.89. The number of carbonyl (C=O) groups is 1. The zero-order valence-electron chi connectivity index (χ0n) is 11.6. The highest BCUT2D eigenvalue weighted by Crippen LogP contribution is 2.25. The molecule has 1 rings (SSSR count). The zero-order chi connectivity index (χ0) is 13.8. The molecule has 18 heavy (non-hydrogen) atoms. The van der Waals surface area contributed by atoms with Crippen LogP contribution >= 0.6 is 0 Å². The molecule has 1 atom stereocenters. The fraction of sp³-hybridized carbons (Fsp3) is 0.533. The SMILES string of the molecule is CC(COc1cccc(C(C)(C)C)c1)CC(=O)O. The first-order chi connectivity index (χ1) is 8.29. The Kier molecular flexibility index (Phi) is 4.76. The number of benzene rings is 1. The van der Waals surface area contributed by atoms with Crippen molar-refractivity contribution in [1.82, 2.24) is 0 Å². The van der Waals surface area contributed by atoms with Crippen LogP contribution in [0.3, 0.4) is 0 Å². The Hall–Kier alpha value is -1.51. The van der Waals surface area contributed by atoms with Crippen molar-refractivity contribution in [2.45, 2.75) is 39.5 Å². The summed E-state index contributed by atoms with van der Waals surface area (Å²) in [5.74, 6) is 0.0370. The lowest BCUT2D eigenvalue weighted by atomic mass is 9.87. The molecular formula is C15H22O3. The molecule has 1 aromatic carbocycles. The van der Waals surface area contributed by atoms with Crippen LogP contribution in [0.15, 0.2) is 24.3 Å². The van der Waals surface area contributed by atoms with E-state index in [-0.39, 0.29) is 17.8 Å². The van der Waals surface area contributed by atoms with Gasteiger partial charge in [0.2, 0.25) is 0 Å². The zero-order valence-corrected chi connectivity index (χ0v) is 11.6. The Morgan fingerprint density at radius 3 is 2.61 bits per heavy atom. The predicted molar refractivity (Wildman–Crippen MR) is 72.1 cm³/mol. The molecule has 3 nitrogen and oxygen atoms in total. The summed E-state index contributed by atoms with van der Waals surface area (Å²) in [5, 5.41) is 8.68. The summed E-state index contributed by atoms with van der Waals surface area (Å²) in [6.45, 7) is 8.76. The van der Waals surface area contributed by atoms with Gasteiger partial charge in [-0.2, -0.15) is 0 Å². The number of aliphatic carboxylic acids is 1. The topological polar surface area (TPSA) is 46.5 Å². The Morgan fingerprint density at radius 2 is 2.06 bits per heavy atom. The maximum Gasteiger partial charge on any atom is 0.303 e. The van der Waals surface area contributed by atoms with Crippen LogP contribution in [0.4, 0.5) is 0 Å². The molecule has 100 valence electrons. The molecule has 0 aliphatic carbocycles. The average Bonchev–Trinajstić information content (AvgIpc) is 2.25. The van der Waals surface area contributed by atoms with Crippen LogP contribution in [0, 0.1) is 5.92 Å². The van der Waals surface area contributed by atoms with Crippen molar-refractivity contribution < 1.29 is 14.6 Å². The van der Waals surface area contributed by atoms with Crippen LogP contribution in [0.1, 0.15) is 39.7 Å². The molecular weight excluding hydrogens is 228 g/mol. The van der Waals surface area contributed by atoms with Gasteiger partial charge in [0.15, 0.2) is 0 Å². The second-order valence-electron chi connectivity index (χ2n) is 5.79. The van der Waals surface area contributed by atoms with Gasteiger partial charge in [-0.15, -0.1) is 0 Å². The van der Waals surface area contributed by atoms with Gasteiger partial charge in [0.1, 0.15) is 5.75 Å². The first-order valence-corrected chi connectivity index (χ1v) is 6.24. The van der Waals surface area contributed by atoms with Crippen LogP contribution < -0.4 is 4.74 Å². The van der Waals surface area contributed by atoms with E-state index in [1.165, 1.54) is 5.56 Å². The Balaban J connectivity index is 2.60. The summed E-state index contributed by atoms with van der Waals surface area (Å²) in [6.07, 6.45) is 0.138. The lowest BCUT2D eigenvalue weighted by Crippen LogP contribution is -2.14. The first kappa shape index (κ1) is 14.6. The summed E-state index contributed by atoms with van der Waals surface area (Å²) in [5.41, 5.74) is 1.30. The van der Waals surface area contributed by atoms with Crippen LogP contribution in [0.25, 0.3) is 0 Å².